The van der Waals surface area contributed by atoms with Crippen molar-refractivity contribution in [2.45, 2.75) is 45.8 Å². The quantitative estimate of drug-likeness (QED) is 0.454. The summed E-state index contributed by atoms with van der Waals surface area (Å²) in [6.07, 6.45) is -4.53. The molecule has 2 aromatic rings. The van der Waals surface area contributed by atoms with Gasteiger partial charge >= 0.3 is 12.1 Å². The third-order valence-corrected chi connectivity index (χ3v) is 5.70. The predicted octanol–water partition coefficient (Wildman–Crippen LogP) is 6.35. The number of carbonyl (C=O) groups excluding carboxylic acids is 2. The molecule has 2 aromatic carbocycles. The van der Waals surface area contributed by atoms with Crippen LogP contribution in [0.3, 0.4) is 0 Å². The Morgan fingerprint density at radius 1 is 1.18 bits per heavy atom. The molecule has 0 N–H and O–H groups in total. The van der Waals surface area contributed by atoms with Crippen molar-refractivity contribution in [3.8, 4) is 0 Å². The first-order chi connectivity index (χ1) is 15.5. The third-order valence-electron chi connectivity index (χ3n) is 5.46. The average Bonchev–Trinajstić information content (AvgIpc) is 2.74. The molecular weight excluding hydrogens is 455 g/mol. The van der Waals surface area contributed by atoms with Gasteiger partial charge in [-0.3, -0.25) is 4.79 Å². The lowest BCUT2D eigenvalue weighted by atomic mass is 9.83. The summed E-state index contributed by atoms with van der Waals surface area (Å²) in [7, 11) is 0. The van der Waals surface area contributed by atoms with Crippen LogP contribution in [-0.2, 0) is 27.0 Å². The van der Waals surface area contributed by atoms with Crippen LogP contribution in [-0.4, -0.2) is 23.4 Å². The van der Waals surface area contributed by atoms with Crippen molar-refractivity contribution in [2.24, 2.45) is 5.92 Å². The second-order valence-electron chi connectivity index (χ2n) is 8.48. The molecule has 0 saturated heterocycles. The molecule has 4 nitrogen and oxygen atoms in total. The third kappa shape index (κ3) is 5.96. The number of hydrogen-bond donors (Lipinski definition) is 0. The van der Waals surface area contributed by atoms with E-state index in [0.717, 1.165) is 17.7 Å². The Morgan fingerprint density at radius 2 is 1.85 bits per heavy atom. The number of halogens is 4. The van der Waals surface area contributed by atoms with E-state index in [1.165, 1.54) is 17.0 Å². The van der Waals surface area contributed by atoms with Gasteiger partial charge in [0.15, 0.2) is 0 Å². The van der Waals surface area contributed by atoms with E-state index in [1.54, 1.807) is 25.1 Å². The lowest BCUT2D eigenvalue weighted by molar-refractivity contribution is -0.141. The van der Waals surface area contributed by atoms with Gasteiger partial charge in [0.05, 0.1) is 24.3 Å². The van der Waals surface area contributed by atoms with E-state index in [4.69, 9.17) is 16.3 Å². The van der Waals surface area contributed by atoms with Crippen molar-refractivity contribution in [1.82, 2.24) is 4.90 Å². The predicted molar refractivity (Wildman–Crippen MR) is 119 cm³/mol. The van der Waals surface area contributed by atoms with Gasteiger partial charge in [-0.25, -0.2) is 4.79 Å². The highest BCUT2D eigenvalue weighted by Crippen LogP contribution is 2.39. The van der Waals surface area contributed by atoms with Gasteiger partial charge in [0, 0.05) is 23.1 Å². The Labute approximate surface area is 196 Å². The maximum atomic E-state index is 13.1. The molecule has 8 heteroatoms. The monoisotopic (exact) mass is 479 g/mol. The highest BCUT2D eigenvalue weighted by molar-refractivity contribution is 6.30. The summed E-state index contributed by atoms with van der Waals surface area (Å²) in [5.74, 6) is -1.41. The van der Waals surface area contributed by atoms with E-state index in [2.05, 4.69) is 0 Å². The zero-order chi connectivity index (χ0) is 24.3. The molecule has 0 aliphatic carbocycles. The summed E-state index contributed by atoms with van der Waals surface area (Å²) < 4.78 is 44.5. The van der Waals surface area contributed by atoms with E-state index >= 15 is 0 Å². The Hall–Kier alpha value is -2.80. The second-order valence-corrected chi connectivity index (χ2v) is 8.91. The maximum Gasteiger partial charge on any atom is 0.416 e. The minimum absolute atomic E-state index is 0.0601. The van der Waals surface area contributed by atoms with Gasteiger partial charge in [0.2, 0.25) is 5.91 Å². The van der Waals surface area contributed by atoms with Crippen LogP contribution in [0, 0.1) is 5.92 Å². The minimum atomic E-state index is -4.47. The van der Waals surface area contributed by atoms with Gasteiger partial charge in [-0.2, -0.15) is 13.2 Å². The van der Waals surface area contributed by atoms with Crippen molar-refractivity contribution < 1.29 is 27.5 Å². The number of carbonyl (C=O) groups is 2. The molecule has 1 amide bonds. The van der Waals surface area contributed by atoms with Crippen molar-refractivity contribution in [2.75, 3.05) is 6.61 Å². The summed E-state index contributed by atoms with van der Waals surface area (Å²) in [5, 5.41) is 0.526. The Balaban J connectivity index is 2.01. The molecule has 0 fully saturated rings. The number of hydrogen-bond acceptors (Lipinski definition) is 3. The molecule has 0 aromatic heterocycles. The summed E-state index contributed by atoms with van der Waals surface area (Å²) in [6.45, 7) is 5.86. The van der Waals surface area contributed by atoms with Crippen LogP contribution >= 0.6 is 11.6 Å². The fraction of sp³-hybridized carbons (Fsp3) is 0.360. The summed E-state index contributed by atoms with van der Waals surface area (Å²) in [4.78, 5) is 27.6. The fourth-order valence-electron chi connectivity index (χ4n) is 3.80. The molecule has 1 heterocycles. The van der Waals surface area contributed by atoms with Crippen LogP contribution in [0.15, 0.2) is 59.8 Å². The number of rotatable bonds is 6. The van der Waals surface area contributed by atoms with E-state index in [1.807, 2.05) is 19.9 Å². The Kier molecular flexibility index (Phi) is 7.52. The zero-order valence-corrected chi connectivity index (χ0v) is 19.3. The number of alkyl halides is 3. The lowest BCUT2D eigenvalue weighted by Crippen LogP contribution is -2.38. The topological polar surface area (TPSA) is 46.6 Å². The van der Waals surface area contributed by atoms with Crippen molar-refractivity contribution in [3.63, 3.8) is 0 Å². The van der Waals surface area contributed by atoms with Crippen LogP contribution in [0.1, 0.15) is 49.8 Å². The molecular formula is C25H25ClF3NO3. The van der Waals surface area contributed by atoms with Crippen LogP contribution in [0.2, 0.25) is 5.02 Å². The van der Waals surface area contributed by atoms with Crippen LogP contribution in [0.5, 0.6) is 0 Å². The molecule has 0 radical (unpaired) electrons. The average molecular weight is 480 g/mol. The Bertz CT molecular complexity index is 1060. The molecule has 33 heavy (non-hydrogen) atoms. The van der Waals surface area contributed by atoms with Gasteiger partial charge in [0.1, 0.15) is 0 Å². The number of amides is 1. The van der Waals surface area contributed by atoms with E-state index < -0.39 is 23.6 Å². The number of esters is 1. The van der Waals surface area contributed by atoms with Crippen molar-refractivity contribution >= 4 is 23.5 Å². The first kappa shape index (κ1) is 24.8. The van der Waals surface area contributed by atoms with Gasteiger partial charge in [0.25, 0.3) is 0 Å². The molecule has 1 aliphatic rings. The number of nitrogens with zero attached hydrogens (tertiary/aromatic N) is 1. The number of allylic oxidation sites excluding steroid dienone is 1. The van der Waals surface area contributed by atoms with E-state index in [-0.39, 0.29) is 37.0 Å². The number of benzene rings is 2. The van der Waals surface area contributed by atoms with Gasteiger partial charge in [-0.1, -0.05) is 49.7 Å². The molecule has 1 aliphatic heterocycles. The van der Waals surface area contributed by atoms with E-state index in [0.29, 0.717) is 16.3 Å². The van der Waals surface area contributed by atoms with Gasteiger partial charge in [-0.05, 0) is 48.2 Å². The normalized spacial score (nSPS) is 17.0. The van der Waals surface area contributed by atoms with Gasteiger partial charge < -0.3 is 9.64 Å². The fourth-order valence-corrected chi connectivity index (χ4v) is 4.01. The molecule has 0 saturated carbocycles. The summed E-state index contributed by atoms with van der Waals surface area (Å²) in [5.41, 5.74) is 1.15. The standard InChI is InChI=1S/C25H25ClF3NO3/c1-15(2)14-33-24(32)23-16(3)30(13-17-5-4-6-20(26)11-17)22(31)12-21(23)18-7-9-19(10-8-18)25(27,28)29/h4-11,15,21H,12-14H2,1-3H3/t21-/m0/s1. The SMILES string of the molecule is CC1=C(C(=O)OCC(C)C)[C@H](c2ccc(C(F)(F)F)cc2)CC(=O)N1Cc1cccc(Cl)c1. The highest BCUT2D eigenvalue weighted by Gasteiger charge is 2.38. The van der Waals surface area contributed by atoms with Crippen LogP contribution < -0.4 is 0 Å². The molecule has 0 bridgehead atoms. The molecule has 176 valence electrons. The number of ether oxygens (including phenoxy) is 1. The zero-order valence-electron chi connectivity index (χ0n) is 18.6. The van der Waals surface area contributed by atoms with Crippen molar-refractivity contribution in [3.05, 3.63) is 81.5 Å². The molecule has 0 spiro atoms. The lowest BCUT2D eigenvalue weighted by Gasteiger charge is -2.34. The van der Waals surface area contributed by atoms with E-state index in [9.17, 15) is 22.8 Å². The molecule has 1 atom stereocenters. The van der Waals surface area contributed by atoms with Gasteiger partial charge in [-0.15, -0.1) is 0 Å². The first-order valence-electron chi connectivity index (χ1n) is 10.6. The first-order valence-corrected chi connectivity index (χ1v) is 10.9. The summed E-state index contributed by atoms with van der Waals surface area (Å²) in [6, 6.07) is 11.6. The van der Waals surface area contributed by atoms with Crippen LogP contribution in [0.25, 0.3) is 0 Å². The smallest absolute Gasteiger partial charge is 0.416 e. The van der Waals surface area contributed by atoms with Crippen LogP contribution in [0.4, 0.5) is 13.2 Å². The highest BCUT2D eigenvalue weighted by atomic mass is 35.5. The van der Waals surface area contributed by atoms with Crippen molar-refractivity contribution in [1.29, 1.82) is 0 Å². The maximum absolute atomic E-state index is 13.1. The Morgan fingerprint density at radius 3 is 2.42 bits per heavy atom. The summed E-state index contributed by atoms with van der Waals surface area (Å²) >= 11 is 6.06. The second kappa shape index (κ2) is 10.00. The minimum Gasteiger partial charge on any atom is -0.462 e. The largest absolute Gasteiger partial charge is 0.462 e. The molecule has 0 unspecified atom stereocenters. The molecule has 3 rings (SSSR count).